The van der Waals surface area contributed by atoms with Crippen molar-refractivity contribution >= 4 is 20.9 Å². The van der Waals surface area contributed by atoms with Crippen molar-refractivity contribution in [3.05, 3.63) is 23.9 Å². The third-order valence-electron chi connectivity index (χ3n) is 7.11. The van der Waals surface area contributed by atoms with E-state index in [0.717, 1.165) is 68.3 Å². The molecular formula is C22H32N4O4S. The SMILES string of the molecule is CS(=O)(=O)N[C@H]1CCCN2CCOc3c(ccc4[nH]ncc34)C3CCC(CC3)OC[C@@H]12. The molecule has 4 heterocycles. The normalized spacial score (nSPS) is 30.5. The Morgan fingerprint density at radius 3 is 2.81 bits per heavy atom. The summed E-state index contributed by atoms with van der Waals surface area (Å²) in [7, 11) is -3.27. The number of benzene rings is 1. The maximum atomic E-state index is 12.0. The van der Waals surface area contributed by atoms with Gasteiger partial charge in [-0.15, -0.1) is 0 Å². The zero-order chi connectivity index (χ0) is 21.4. The predicted molar refractivity (Wildman–Crippen MR) is 119 cm³/mol. The number of H-pyrrole nitrogens is 1. The fraction of sp³-hybridized carbons (Fsp3) is 0.682. The zero-order valence-corrected chi connectivity index (χ0v) is 18.9. The van der Waals surface area contributed by atoms with Crippen LogP contribution < -0.4 is 9.46 Å². The van der Waals surface area contributed by atoms with Gasteiger partial charge in [0.05, 0.1) is 36.1 Å². The van der Waals surface area contributed by atoms with Gasteiger partial charge in [-0.05, 0) is 62.6 Å². The summed E-state index contributed by atoms with van der Waals surface area (Å²) in [5.74, 6) is 1.42. The molecule has 1 saturated heterocycles. The van der Waals surface area contributed by atoms with Gasteiger partial charge in [-0.2, -0.15) is 5.10 Å². The van der Waals surface area contributed by atoms with Gasteiger partial charge in [0.2, 0.25) is 10.0 Å². The Morgan fingerprint density at radius 2 is 2.00 bits per heavy atom. The highest BCUT2D eigenvalue weighted by Gasteiger charge is 2.35. The molecule has 2 bridgehead atoms. The Bertz CT molecular complexity index is 1020. The second kappa shape index (κ2) is 8.69. The van der Waals surface area contributed by atoms with Crippen molar-refractivity contribution in [3.8, 4) is 5.75 Å². The standard InChI is InChI=1S/C22H32N4O4S/c1-31(27,28)25-20-3-2-10-26-11-12-29-22-17(8-9-19-18(22)13-23-24-19)15-4-6-16(7-5-15)30-14-21(20)26/h8-9,13,15-16,20-21,25H,2-7,10-12,14H2,1H3,(H,23,24)/t15?,16?,20-,21-/m0/s1. The lowest BCUT2D eigenvalue weighted by Crippen LogP contribution is -2.58. The molecule has 1 aromatic carbocycles. The van der Waals surface area contributed by atoms with Crippen molar-refractivity contribution < 1.29 is 17.9 Å². The maximum absolute atomic E-state index is 12.0. The number of piperidine rings is 1. The fourth-order valence-electron chi connectivity index (χ4n) is 5.57. The summed E-state index contributed by atoms with van der Waals surface area (Å²) in [5, 5.41) is 8.32. The number of hydrogen-bond donors (Lipinski definition) is 2. The lowest BCUT2D eigenvalue weighted by atomic mass is 9.82. The maximum Gasteiger partial charge on any atom is 0.209 e. The number of rotatable bonds is 2. The van der Waals surface area contributed by atoms with E-state index in [1.165, 1.54) is 11.8 Å². The highest BCUT2D eigenvalue weighted by atomic mass is 32.2. The van der Waals surface area contributed by atoms with Crippen molar-refractivity contribution in [2.45, 2.75) is 62.6 Å². The molecule has 2 aromatic rings. The molecule has 0 radical (unpaired) electrons. The molecule has 1 saturated carbocycles. The molecule has 0 unspecified atom stereocenters. The zero-order valence-electron chi connectivity index (χ0n) is 18.0. The van der Waals surface area contributed by atoms with E-state index < -0.39 is 10.0 Å². The van der Waals surface area contributed by atoms with Crippen LogP contribution in [0.3, 0.4) is 0 Å². The van der Waals surface area contributed by atoms with E-state index in [0.29, 0.717) is 19.1 Å². The number of hydrogen-bond acceptors (Lipinski definition) is 6. The molecule has 1 aromatic heterocycles. The molecule has 8 nitrogen and oxygen atoms in total. The average molecular weight is 449 g/mol. The molecule has 2 fully saturated rings. The number of nitrogens with zero attached hydrogens (tertiary/aromatic N) is 2. The number of aromatic amines is 1. The lowest BCUT2D eigenvalue weighted by molar-refractivity contribution is -0.0284. The topological polar surface area (TPSA) is 96.6 Å². The van der Waals surface area contributed by atoms with Crippen LogP contribution in [0.25, 0.3) is 10.9 Å². The van der Waals surface area contributed by atoms with Gasteiger partial charge < -0.3 is 9.47 Å². The number of ether oxygens (including phenoxy) is 2. The Balaban J connectivity index is 1.44. The molecule has 0 amide bonds. The van der Waals surface area contributed by atoms with Crippen LogP contribution in [0.2, 0.25) is 0 Å². The molecule has 6 rings (SSSR count). The van der Waals surface area contributed by atoms with E-state index in [9.17, 15) is 8.42 Å². The van der Waals surface area contributed by atoms with Crippen molar-refractivity contribution in [2.24, 2.45) is 0 Å². The molecule has 0 spiro atoms. The van der Waals surface area contributed by atoms with Crippen LogP contribution in [0.15, 0.2) is 18.3 Å². The fourth-order valence-corrected chi connectivity index (χ4v) is 6.39. The van der Waals surface area contributed by atoms with E-state index in [4.69, 9.17) is 9.47 Å². The molecule has 2 atom stereocenters. The lowest BCUT2D eigenvalue weighted by Gasteiger charge is -2.41. The Hall–Kier alpha value is -1.68. The first-order valence-corrected chi connectivity index (χ1v) is 13.3. The van der Waals surface area contributed by atoms with E-state index in [-0.39, 0.29) is 18.2 Å². The summed E-state index contributed by atoms with van der Waals surface area (Å²) in [6.07, 6.45) is 9.31. The van der Waals surface area contributed by atoms with Crippen LogP contribution in [0, 0.1) is 0 Å². The summed E-state index contributed by atoms with van der Waals surface area (Å²) in [5.41, 5.74) is 2.27. The summed E-state index contributed by atoms with van der Waals surface area (Å²) >= 11 is 0. The van der Waals surface area contributed by atoms with Crippen molar-refractivity contribution in [1.29, 1.82) is 0 Å². The molecule has 1 aliphatic carbocycles. The van der Waals surface area contributed by atoms with Gasteiger partial charge in [0.25, 0.3) is 0 Å². The second-order valence-electron chi connectivity index (χ2n) is 9.21. The van der Waals surface area contributed by atoms with Crippen LogP contribution in [0.4, 0.5) is 0 Å². The van der Waals surface area contributed by atoms with Crippen molar-refractivity contribution in [1.82, 2.24) is 19.8 Å². The summed E-state index contributed by atoms with van der Waals surface area (Å²) in [6.45, 7) is 2.77. The molecule has 4 aliphatic rings. The number of sulfonamides is 1. The molecule has 9 heteroatoms. The minimum Gasteiger partial charge on any atom is -0.491 e. The highest BCUT2D eigenvalue weighted by molar-refractivity contribution is 7.88. The van der Waals surface area contributed by atoms with Crippen LogP contribution in [-0.4, -0.2) is 74.3 Å². The van der Waals surface area contributed by atoms with E-state index in [1.807, 2.05) is 6.20 Å². The number of fused-ring (bicyclic) bond motifs is 6. The van der Waals surface area contributed by atoms with E-state index in [1.54, 1.807) is 0 Å². The minimum absolute atomic E-state index is 0.0229. The molecular weight excluding hydrogens is 416 g/mol. The van der Waals surface area contributed by atoms with Crippen LogP contribution in [-0.2, 0) is 14.8 Å². The van der Waals surface area contributed by atoms with Crippen LogP contribution in [0.5, 0.6) is 5.75 Å². The van der Waals surface area contributed by atoms with Crippen molar-refractivity contribution in [3.63, 3.8) is 0 Å². The summed E-state index contributed by atoms with van der Waals surface area (Å²) in [6, 6.07) is 4.19. The Labute approximate surface area is 183 Å². The summed E-state index contributed by atoms with van der Waals surface area (Å²) < 4.78 is 39.6. The Morgan fingerprint density at radius 1 is 1.16 bits per heavy atom. The first kappa shape index (κ1) is 21.2. The quantitative estimate of drug-likeness (QED) is 0.732. The van der Waals surface area contributed by atoms with E-state index in [2.05, 4.69) is 32.0 Å². The Kier molecular flexibility index (Phi) is 5.94. The van der Waals surface area contributed by atoms with Gasteiger partial charge in [0, 0.05) is 18.6 Å². The predicted octanol–water partition coefficient (Wildman–Crippen LogP) is 2.38. The second-order valence-corrected chi connectivity index (χ2v) is 11.0. The molecule has 170 valence electrons. The highest BCUT2D eigenvalue weighted by Crippen LogP contribution is 2.41. The molecule has 31 heavy (non-hydrogen) atoms. The third kappa shape index (κ3) is 4.60. The number of aromatic nitrogens is 2. The van der Waals surface area contributed by atoms with Gasteiger partial charge in [-0.3, -0.25) is 10.00 Å². The average Bonchev–Trinajstić information content (AvgIpc) is 3.22. The summed E-state index contributed by atoms with van der Waals surface area (Å²) in [4.78, 5) is 2.34. The first-order chi connectivity index (χ1) is 15.0. The van der Waals surface area contributed by atoms with Crippen molar-refractivity contribution in [2.75, 3.05) is 32.6 Å². The minimum atomic E-state index is -3.27. The van der Waals surface area contributed by atoms with E-state index >= 15 is 0 Å². The monoisotopic (exact) mass is 448 g/mol. The number of nitrogens with one attached hydrogen (secondary N) is 2. The van der Waals surface area contributed by atoms with Crippen LogP contribution in [0.1, 0.15) is 50.0 Å². The molecule has 2 N–H and O–H groups in total. The smallest absolute Gasteiger partial charge is 0.209 e. The van der Waals surface area contributed by atoms with Gasteiger partial charge >= 0.3 is 0 Å². The van der Waals surface area contributed by atoms with Gasteiger partial charge in [-0.1, -0.05) is 6.07 Å². The first-order valence-electron chi connectivity index (χ1n) is 11.4. The van der Waals surface area contributed by atoms with Crippen LogP contribution >= 0.6 is 0 Å². The molecule has 3 aliphatic heterocycles. The largest absolute Gasteiger partial charge is 0.491 e. The van der Waals surface area contributed by atoms with Gasteiger partial charge in [-0.25, -0.2) is 13.1 Å². The van der Waals surface area contributed by atoms with Gasteiger partial charge in [0.1, 0.15) is 12.4 Å². The third-order valence-corrected chi connectivity index (χ3v) is 7.84. The van der Waals surface area contributed by atoms with Gasteiger partial charge in [0.15, 0.2) is 0 Å².